The summed E-state index contributed by atoms with van der Waals surface area (Å²) < 4.78 is 22.8. The zero-order valence-electron chi connectivity index (χ0n) is 24.0. The Labute approximate surface area is 220 Å². The van der Waals surface area contributed by atoms with Crippen molar-refractivity contribution in [2.24, 2.45) is 0 Å². The van der Waals surface area contributed by atoms with E-state index in [1.807, 2.05) is 13.8 Å². The maximum atomic E-state index is 11.9. The summed E-state index contributed by atoms with van der Waals surface area (Å²) in [5.41, 5.74) is 0. The van der Waals surface area contributed by atoms with Gasteiger partial charge in [0.25, 0.3) is 0 Å². The second-order valence-corrected chi connectivity index (χ2v) is 10.4. The van der Waals surface area contributed by atoms with Crippen molar-refractivity contribution in [1.82, 2.24) is 5.32 Å². The number of carbonyl (C=O) groups is 2. The fourth-order valence-electron chi connectivity index (χ4n) is 3.50. The van der Waals surface area contributed by atoms with Gasteiger partial charge in [0.05, 0.1) is 80.8 Å². The Hall–Kier alpha value is -1.36. The van der Waals surface area contributed by atoms with Crippen LogP contribution in [0.3, 0.4) is 0 Å². The van der Waals surface area contributed by atoms with Gasteiger partial charge in [-0.1, -0.05) is 0 Å². The van der Waals surface area contributed by atoms with Crippen LogP contribution in [0.5, 0.6) is 0 Å². The summed E-state index contributed by atoms with van der Waals surface area (Å²) in [5.74, 6) is 0.0917. The van der Waals surface area contributed by atoms with Gasteiger partial charge in [-0.3, -0.25) is 9.59 Å². The van der Waals surface area contributed by atoms with Gasteiger partial charge in [0, 0.05) is 32.6 Å². The van der Waals surface area contributed by atoms with Crippen LogP contribution in [-0.2, 0) is 28.5 Å². The van der Waals surface area contributed by atoms with E-state index in [1.165, 1.54) is 0 Å². The fourth-order valence-corrected chi connectivity index (χ4v) is 3.50. The molecule has 1 N–H and O–H groups in total. The number of nitrogens with zero attached hydrogens (tertiary/aromatic N) is 2. The highest BCUT2D eigenvalue weighted by Gasteiger charge is 2.15. The molecule has 0 fully saturated rings. The molecule has 0 aliphatic rings. The predicted octanol–water partition coefficient (Wildman–Crippen LogP) is 2.05. The quantitative estimate of drug-likeness (QED) is 0.113. The molecule has 9 nitrogen and oxygen atoms in total. The summed E-state index contributed by atoms with van der Waals surface area (Å²) in [6, 6.07) is 0. The minimum absolute atomic E-state index is 0.0769. The monoisotopic (exact) mass is 517 g/mol. The molecule has 0 saturated heterocycles. The topological polar surface area (TPSA) is 83.1 Å². The summed E-state index contributed by atoms with van der Waals surface area (Å²) in [5, 5.41) is 2.91. The van der Waals surface area contributed by atoms with Gasteiger partial charge in [0.1, 0.15) is 13.2 Å². The molecule has 0 spiro atoms. The van der Waals surface area contributed by atoms with Crippen molar-refractivity contribution in [3.05, 3.63) is 12.2 Å². The van der Waals surface area contributed by atoms with Crippen LogP contribution in [-0.4, -0.2) is 134 Å². The summed E-state index contributed by atoms with van der Waals surface area (Å²) in [6.07, 6.45) is 7.95. The van der Waals surface area contributed by atoms with Crippen molar-refractivity contribution in [2.45, 2.75) is 39.5 Å². The first-order chi connectivity index (χ1) is 17.1. The van der Waals surface area contributed by atoms with Crippen LogP contribution in [0, 0.1) is 0 Å². The molecule has 0 saturated carbocycles. The molecule has 0 unspecified atom stereocenters. The largest absolute Gasteiger partial charge is 0.379 e. The number of rotatable bonds is 25. The van der Waals surface area contributed by atoms with Crippen LogP contribution < -0.4 is 5.32 Å². The van der Waals surface area contributed by atoms with Gasteiger partial charge in [-0.15, -0.1) is 0 Å². The van der Waals surface area contributed by atoms with E-state index >= 15 is 0 Å². The Balaban J connectivity index is 3.89. The molecule has 0 aromatic heterocycles. The number of nitrogens with one attached hydrogen (secondary N) is 1. The summed E-state index contributed by atoms with van der Waals surface area (Å²) in [6.45, 7) is 12.1. The lowest BCUT2D eigenvalue weighted by atomic mass is 10.1. The van der Waals surface area contributed by atoms with E-state index < -0.39 is 0 Å². The molecule has 0 heterocycles. The predicted molar refractivity (Wildman–Crippen MR) is 144 cm³/mol. The Morgan fingerprint density at radius 3 is 1.75 bits per heavy atom. The third-order valence-electron chi connectivity index (χ3n) is 5.75. The third kappa shape index (κ3) is 23.1. The molecule has 0 aromatic rings. The Kier molecular flexibility index (Phi) is 20.9. The van der Waals surface area contributed by atoms with Crippen molar-refractivity contribution in [3.63, 3.8) is 0 Å². The van der Waals surface area contributed by atoms with Crippen LogP contribution in [0.25, 0.3) is 0 Å². The molecule has 36 heavy (non-hydrogen) atoms. The summed E-state index contributed by atoms with van der Waals surface area (Å²) in [7, 11) is 8.87. The van der Waals surface area contributed by atoms with E-state index in [-0.39, 0.29) is 24.9 Å². The first-order valence-electron chi connectivity index (χ1n) is 13.5. The molecule has 1 amide bonds. The number of hydrogen-bond donors (Lipinski definition) is 1. The van der Waals surface area contributed by atoms with Crippen LogP contribution in [0.1, 0.15) is 39.5 Å². The number of likely N-dealkylation sites (N-methyl/N-ethyl adjacent to an activating group) is 2. The van der Waals surface area contributed by atoms with E-state index in [0.717, 1.165) is 54.4 Å². The lowest BCUT2D eigenvalue weighted by Crippen LogP contribution is -2.43. The molecule has 0 rings (SSSR count). The van der Waals surface area contributed by atoms with Crippen molar-refractivity contribution in [1.29, 1.82) is 0 Å². The van der Waals surface area contributed by atoms with Crippen molar-refractivity contribution >= 4 is 11.7 Å². The molecule has 212 valence electrons. The lowest BCUT2D eigenvalue weighted by Gasteiger charge is -2.30. The number of carbonyl (C=O) groups excluding carboxylic acids is 2. The highest BCUT2D eigenvalue weighted by atomic mass is 16.5. The average Bonchev–Trinajstić information content (AvgIpc) is 2.82. The van der Waals surface area contributed by atoms with Gasteiger partial charge >= 0.3 is 0 Å². The van der Waals surface area contributed by atoms with Crippen LogP contribution in [0.4, 0.5) is 0 Å². The number of unbranched alkanes of at least 4 members (excludes halogenated alkanes) is 1. The van der Waals surface area contributed by atoms with Crippen LogP contribution in [0.2, 0.25) is 0 Å². The van der Waals surface area contributed by atoms with Gasteiger partial charge in [-0.25, -0.2) is 0 Å². The molecule has 0 bridgehead atoms. The number of quaternary nitrogens is 2. The molecule has 0 aromatic carbocycles. The zero-order chi connectivity index (χ0) is 27.1. The van der Waals surface area contributed by atoms with Crippen molar-refractivity contribution in [2.75, 3.05) is 114 Å². The maximum Gasteiger partial charge on any atom is 0.246 e. The van der Waals surface area contributed by atoms with E-state index in [1.54, 1.807) is 0 Å². The Morgan fingerprint density at radius 1 is 0.694 bits per heavy atom. The first-order valence-corrected chi connectivity index (χ1v) is 13.5. The highest BCUT2D eigenvalue weighted by Crippen LogP contribution is 2.06. The normalized spacial score (nSPS) is 12.4. The number of hydrogen-bond acceptors (Lipinski definition) is 6. The third-order valence-corrected chi connectivity index (χ3v) is 5.75. The van der Waals surface area contributed by atoms with Crippen molar-refractivity contribution in [3.8, 4) is 0 Å². The molecule has 0 atom stereocenters. The lowest BCUT2D eigenvalue weighted by molar-refractivity contribution is -0.887. The Bertz CT molecular complexity index is 546. The smallest absolute Gasteiger partial charge is 0.246 e. The molecule has 9 heteroatoms. The number of ketones is 1. The molecule has 0 radical (unpaired) electrons. The highest BCUT2D eigenvalue weighted by molar-refractivity contribution is 5.79. The average molecular weight is 518 g/mol. The summed E-state index contributed by atoms with van der Waals surface area (Å²) in [4.78, 5) is 23.7. The molecular weight excluding hydrogens is 462 g/mol. The number of Topliss-reactive ketones (excluding diaryl/α,β-unsaturated/α-hetero) is 1. The maximum absolute atomic E-state index is 11.9. The van der Waals surface area contributed by atoms with Gasteiger partial charge in [-0.2, -0.15) is 0 Å². The second kappa shape index (κ2) is 21.7. The van der Waals surface area contributed by atoms with E-state index in [2.05, 4.69) is 45.7 Å². The molecule has 0 aliphatic heterocycles. The van der Waals surface area contributed by atoms with E-state index in [4.69, 9.17) is 18.9 Å². The van der Waals surface area contributed by atoms with E-state index in [9.17, 15) is 9.59 Å². The standard InChI is InChI=1S/C27H54N3O6/c1-7-33-20-22-35-24-26(31)14-9-10-16-29(3,4)17-11-12-18-30(5,6)19-13-15-28-27(32)25-36-23-21-34-8-2/h11-12H,7-10,13-25H2,1-6H3/q+1/p+1/b12-11+. The van der Waals surface area contributed by atoms with Gasteiger partial charge in [0.2, 0.25) is 5.91 Å². The number of amides is 1. The fraction of sp³-hybridized carbons (Fsp3) is 0.852. The van der Waals surface area contributed by atoms with Gasteiger partial charge in [-0.05, 0) is 38.8 Å². The second-order valence-electron chi connectivity index (χ2n) is 10.4. The minimum Gasteiger partial charge on any atom is -0.379 e. The first kappa shape index (κ1) is 34.6. The molecule has 0 aliphatic carbocycles. The van der Waals surface area contributed by atoms with Crippen LogP contribution in [0.15, 0.2) is 12.2 Å². The zero-order valence-corrected chi connectivity index (χ0v) is 24.0. The minimum atomic E-state index is -0.0769. The number of ether oxygens (including phenoxy) is 4. The van der Waals surface area contributed by atoms with Gasteiger partial charge in [0.15, 0.2) is 5.78 Å². The van der Waals surface area contributed by atoms with Gasteiger partial charge < -0.3 is 33.2 Å². The van der Waals surface area contributed by atoms with Crippen LogP contribution >= 0.6 is 0 Å². The Morgan fingerprint density at radius 2 is 1.19 bits per heavy atom. The van der Waals surface area contributed by atoms with E-state index in [0.29, 0.717) is 52.6 Å². The SMILES string of the molecule is CCOCCOCC(=O)CCCC[N+](C)(C)C/C=C/C[N+](C)(C)CCCNC(=O)COCCOCC. The summed E-state index contributed by atoms with van der Waals surface area (Å²) >= 11 is 0. The molecular formula is C27H55N3O6+2. The van der Waals surface area contributed by atoms with Crippen molar-refractivity contribution < 1.29 is 37.5 Å².